The molecule has 1 aliphatic carbocycles. The van der Waals surface area contributed by atoms with Gasteiger partial charge in [-0.1, -0.05) is 0 Å². The first kappa shape index (κ1) is 23.3. The third kappa shape index (κ3) is 4.69. The number of nitrogens with two attached hydrogens (primary N) is 1. The van der Waals surface area contributed by atoms with Crippen LogP contribution in [0.3, 0.4) is 0 Å². The number of hydrogen-bond acceptors (Lipinski definition) is 8. The first-order chi connectivity index (χ1) is 17.3. The molecule has 1 unspecified atom stereocenters. The Balaban J connectivity index is 1.18. The number of hydrogen-bond donors (Lipinski definition) is 3. The van der Waals surface area contributed by atoms with Crippen molar-refractivity contribution in [1.82, 2.24) is 15.2 Å². The molecule has 1 atom stereocenters. The average molecular weight is 493 g/mol. The summed E-state index contributed by atoms with van der Waals surface area (Å²) in [5.74, 6) is -1.06. The second-order valence-electron chi connectivity index (χ2n) is 8.88. The third-order valence-electron chi connectivity index (χ3n) is 6.39. The van der Waals surface area contributed by atoms with Crippen LogP contribution in [-0.2, 0) is 20.9 Å². The highest BCUT2D eigenvalue weighted by atomic mass is 16.6. The lowest BCUT2D eigenvalue weighted by atomic mass is 9.92. The van der Waals surface area contributed by atoms with Crippen LogP contribution >= 0.6 is 0 Å². The molecule has 2 aliphatic heterocycles. The van der Waals surface area contributed by atoms with Gasteiger partial charge in [-0.25, -0.2) is 9.78 Å². The Hall–Kier alpha value is -4.48. The molecule has 5 amide bonds. The molecule has 186 valence electrons. The standard InChI is InChI=1S/C24H23N5O7/c25-24(34)36-16-8-15(9-16)35-14-2-4-18(26-10-14)21(31)27-13-1-3-17-12(7-13)11-29(23(17)33)19-5-6-20(30)28-22(19)32/h1-4,7,10,15-16,19H,5-6,8-9,11H2,(H2,25,34)(H,27,31)(H,28,30,32). The number of nitrogens with one attached hydrogen (secondary N) is 2. The molecular weight excluding hydrogens is 470 g/mol. The Morgan fingerprint density at radius 1 is 1.11 bits per heavy atom. The van der Waals surface area contributed by atoms with Crippen molar-refractivity contribution in [2.45, 2.75) is 50.5 Å². The molecule has 0 spiro atoms. The van der Waals surface area contributed by atoms with Gasteiger partial charge in [-0.05, 0) is 42.3 Å². The first-order valence-electron chi connectivity index (χ1n) is 11.4. The number of benzene rings is 1. The van der Waals surface area contributed by atoms with Crippen molar-refractivity contribution in [2.75, 3.05) is 5.32 Å². The van der Waals surface area contributed by atoms with Crippen LogP contribution in [-0.4, -0.2) is 57.9 Å². The Kier molecular flexibility index (Phi) is 6.00. The maximum absolute atomic E-state index is 12.8. The number of fused-ring (bicyclic) bond motifs is 1. The van der Waals surface area contributed by atoms with Gasteiger partial charge in [0.15, 0.2) is 0 Å². The molecule has 4 N–H and O–H groups in total. The van der Waals surface area contributed by atoms with E-state index in [1.165, 1.54) is 17.2 Å². The Morgan fingerprint density at radius 2 is 1.92 bits per heavy atom. The lowest BCUT2D eigenvalue weighted by Gasteiger charge is -2.34. The van der Waals surface area contributed by atoms with Crippen molar-refractivity contribution in [3.05, 3.63) is 53.3 Å². The topological polar surface area (TPSA) is 170 Å². The smallest absolute Gasteiger partial charge is 0.404 e. The number of aromatic nitrogens is 1. The quantitative estimate of drug-likeness (QED) is 0.502. The summed E-state index contributed by atoms with van der Waals surface area (Å²) in [6, 6.07) is 7.37. The summed E-state index contributed by atoms with van der Waals surface area (Å²) < 4.78 is 10.6. The predicted octanol–water partition coefficient (Wildman–Crippen LogP) is 1.10. The van der Waals surface area contributed by atoms with Gasteiger partial charge in [-0.15, -0.1) is 0 Å². The fourth-order valence-corrected chi connectivity index (χ4v) is 4.50. The van der Waals surface area contributed by atoms with Crippen molar-refractivity contribution in [1.29, 1.82) is 0 Å². The van der Waals surface area contributed by atoms with E-state index < -0.39 is 23.9 Å². The molecule has 1 saturated carbocycles. The van der Waals surface area contributed by atoms with Gasteiger partial charge in [0.25, 0.3) is 11.8 Å². The molecule has 3 aliphatic rings. The minimum absolute atomic E-state index is 0.121. The van der Waals surface area contributed by atoms with E-state index in [0.29, 0.717) is 35.4 Å². The molecular formula is C24H23N5O7. The monoisotopic (exact) mass is 493 g/mol. The number of anilines is 1. The summed E-state index contributed by atoms with van der Waals surface area (Å²) in [5.41, 5.74) is 6.78. The van der Waals surface area contributed by atoms with E-state index in [0.717, 1.165) is 0 Å². The van der Waals surface area contributed by atoms with E-state index >= 15 is 0 Å². The lowest BCUT2D eigenvalue weighted by molar-refractivity contribution is -0.136. The van der Waals surface area contributed by atoms with Crippen molar-refractivity contribution >= 4 is 35.4 Å². The molecule has 0 bridgehead atoms. The van der Waals surface area contributed by atoms with Crippen LogP contribution < -0.4 is 21.1 Å². The minimum Gasteiger partial charge on any atom is -0.489 e. The van der Waals surface area contributed by atoms with Gasteiger partial charge in [0.2, 0.25) is 11.8 Å². The molecule has 3 heterocycles. The number of carbonyl (C=O) groups excluding carboxylic acids is 5. The number of nitrogens with zero attached hydrogens (tertiary/aromatic N) is 2. The van der Waals surface area contributed by atoms with E-state index in [4.69, 9.17) is 15.2 Å². The number of primary amides is 1. The van der Waals surface area contributed by atoms with Crippen LogP contribution in [0.5, 0.6) is 5.75 Å². The van der Waals surface area contributed by atoms with Gasteiger partial charge in [-0.3, -0.25) is 24.5 Å². The molecule has 2 fully saturated rings. The molecule has 5 rings (SSSR count). The normalized spacial score (nSPS) is 22.8. The van der Waals surface area contributed by atoms with Gasteiger partial charge < -0.3 is 25.4 Å². The Labute approximate surface area is 205 Å². The van der Waals surface area contributed by atoms with Crippen LogP contribution in [0.25, 0.3) is 0 Å². The van der Waals surface area contributed by atoms with Gasteiger partial charge in [0, 0.05) is 37.1 Å². The maximum atomic E-state index is 12.8. The van der Waals surface area contributed by atoms with E-state index in [1.807, 2.05) is 0 Å². The molecule has 12 heteroatoms. The van der Waals surface area contributed by atoms with Crippen LogP contribution in [0.15, 0.2) is 36.5 Å². The second kappa shape index (κ2) is 9.29. The summed E-state index contributed by atoms with van der Waals surface area (Å²) in [4.78, 5) is 65.4. The van der Waals surface area contributed by atoms with Gasteiger partial charge in [0.1, 0.15) is 29.7 Å². The average Bonchev–Trinajstić information content (AvgIpc) is 3.13. The van der Waals surface area contributed by atoms with E-state index in [1.54, 1.807) is 24.3 Å². The fraction of sp³-hybridized carbons (Fsp3) is 0.333. The summed E-state index contributed by atoms with van der Waals surface area (Å²) in [6.45, 7) is 0.209. The zero-order chi connectivity index (χ0) is 25.4. The highest BCUT2D eigenvalue weighted by molar-refractivity contribution is 6.06. The Bertz CT molecular complexity index is 1260. The van der Waals surface area contributed by atoms with Crippen molar-refractivity contribution in [2.24, 2.45) is 5.73 Å². The van der Waals surface area contributed by atoms with Crippen LogP contribution in [0.4, 0.5) is 10.5 Å². The third-order valence-corrected chi connectivity index (χ3v) is 6.39. The SMILES string of the molecule is NC(=O)OC1CC(Oc2ccc(C(=O)Nc3ccc4c(c3)CN(C3CCC(=O)NC3=O)C4=O)nc2)C1. The lowest BCUT2D eigenvalue weighted by Crippen LogP contribution is -2.52. The van der Waals surface area contributed by atoms with Crippen LogP contribution in [0.2, 0.25) is 0 Å². The summed E-state index contributed by atoms with van der Waals surface area (Å²) in [6.07, 6.45) is 1.79. The summed E-state index contributed by atoms with van der Waals surface area (Å²) in [5, 5.41) is 5.03. The largest absolute Gasteiger partial charge is 0.489 e. The van der Waals surface area contributed by atoms with Crippen molar-refractivity contribution in [3.8, 4) is 5.75 Å². The molecule has 1 aromatic heterocycles. The summed E-state index contributed by atoms with van der Waals surface area (Å²) in [7, 11) is 0. The number of piperidine rings is 1. The number of carbonyl (C=O) groups is 5. The summed E-state index contributed by atoms with van der Waals surface area (Å²) >= 11 is 0. The highest BCUT2D eigenvalue weighted by Crippen LogP contribution is 2.30. The first-order valence-corrected chi connectivity index (χ1v) is 11.4. The molecule has 36 heavy (non-hydrogen) atoms. The molecule has 1 saturated heterocycles. The molecule has 0 radical (unpaired) electrons. The number of pyridine rings is 1. The van der Waals surface area contributed by atoms with E-state index in [-0.39, 0.29) is 49.1 Å². The van der Waals surface area contributed by atoms with E-state index in [2.05, 4.69) is 15.6 Å². The number of amides is 5. The number of ether oxygens (including phenoxy) is 2. The zero-order valence-electron chi connectivity index (χ0n) is 19.1. The molecule has 2 aromatic rings. The van der Waals surface area contributed by atoms with Crippen molar-refractivity contribution < 1.29 is 33.4 Å². The van der Waals surface area contributed by atoms with Crippen molar-refractivity contribution in [3.63, 3.8) is 0 Å². The van der Waals surface area contributed by atoms with E-state index in [9.17, 15) is 24.0 Å². The minimum atomic E-state index is -0.808. The second-order valence-corrected chi connectivity index (χ2v) is 8.88. The maximum Gasteiger partial charge on any atom is 0.404 e. The predicted molar refractivity (Wildman–Crippen MR) is 123 cm³/mol. The molecule has 12 nitrogen and oxygen atoms in total. The zero-order valence-corrected chi connectivity index (χ0v) is 19.1. The number of imide groups is 1. The van der Waals surface area contributed by atoms with Gasteiger partial charge in [-0.2, -0.15) is 0 Å². The number of rotatable bonds is 6. The van der Waals surface area contributed by atoms with Crippen LogP contribution in [0, 0.1) is 0 Å². The highest BCUT2D eigenvalue weighted by Gasteiger charge is 2.39. The van der Waals surface area contributed by atoms with Crippen LogP contribution in [0.1, 0.15) is 52.1 Å². The molecule has 1 aromatic carbocycles. The Morgan fingerprint density at radius 3 is 2.61 bits per heavy atom. The fourth-order valence-electron chi connectivity index (χ4n) is 4.50. The van der Waals surface area contributed by atoms with Gasteiger partial charge in [0.05, 0.1) is 6.20 Å². The van der Waals surface area contributed by atoms with Gasteiger partial charge >= 0.3 is 6.09 Å².